The van der Waals surface area contributed by atoms with Crippen molar-refractivity contribution in [3.8, 4) is 0 Å². The lowest BCUT2D eigenvalue weighted by atomic mass is 10.1. The van der Waals surface area contributed by atoms with Crippen LogP contribution in [0.25, 0.3) is 10.9 Å². The van der Waals surface area contributed by atoms with Crippen LogP contribution in [0.3, 0.4) is 0 Å². The molecule has 0 bridgehead atoms. The molecule has 1 atom stereocenters. The molecule has 6 heteroatoms. The van der Waals surface area contributed by atoms with Gasteiger partial charge in [0, 0.05) is 37.8 Å². The number of fused-ring (bicyclic) bond motifs is 1. The van der Waals surface area contributed by atoms with E-state index in [1.807, 2.05) is 25.4 Å². The average Bonchev–Trinajstić information content (AvgIpc) is 3.23. The molecule has 1 fully saturated rings. The van der Waals surface area contributed by atoms with Crippen molar-refractivity contribution < 1.29 is 0 Å². The first-order valence-corrected chi connectivity index (χ1v) is 9.53. The van der Waals surface area contributed by atoms with Crippen molar-refractivity contribution in [1.82, 2.24) is 25.2 Å². The maximum atomic E-state index is 4.84. The van der Waals surface area contributed by atoms with Gasteiger partial charge in [0.25, 0.3) is 0 Å². The zero-order valence-corrected chi connectivity index (χ0v) is 15.9. The monoisotopic (exact) mass is 362 g/mol. The van der Waals surface area contributed by atoms with Crippen LogP contribution in [-0.4, -0.2) is 40.5 Å². The summed E-state index contributed by atoms with van der Waals surface area (Å²) in [5.74, 6) is 1.78. The third-order valence-electron chi connectivity index (χ3n) is 5.04. The minimum absolute atomic E-state index is 0.270. The summed E-state index contributed by atoms with van der Waals surface area (Å²) in [6.45, 7) is 2.66. The molecule has 6 nitrogen and oxygen atoms in total. The number of benzene rings is 1. The maximum Gasteiger partial charge on any atom is 0.147 e. The number of aromatic nitrogens is 3. The first kappa shape index (κ1) is 17.8. The number of hydrogen-bond acceptors (Lipinski definition) is 6. The van der Waals surface area contributed by atoms with Crippen molar-refractivity contribution in [2.45, 2.75) is 32.0 Å². The van der Waals surface area contributed by atoms with Gasteiger partial charge in [-0.1, -0.05) is 18.2 Å². The number of anilines is 1. The Bertz CT molecular complexity index is 914. The fourth-order valence-electron chi connectivity index (χ4n) is 3.70. The second kappa shape index (κ2) is 7.98. The van der Waals surface area contributed by atoms with Gasteiger partial charge < -0.3 is 10.6 Å². The molecule has 0 saturated carbocycles. The molecule has 0 unspecified atom stereocenters. The maximum absolute atomic E-state index is 4.84. The lowest BCUT2D eigenvalue weighted by Gasteiger charge is -2.19. The summed E-state index contributed by atoms with van der Waals surface area (Å²) in [6.07, 6.45) is 4.17. The second-order valence-electron chi connectivity index (χ2n) is 7.16. The normalized spacial score (nSPS) is 16.9. The van der Waals surface area contributed by atoms with Crippen LogP contribution in [0.5, 0.6) is 0 Å². The molecular formula is C21H26N6. The van der Waals surface area contributed by atoms with Gasteiger partial charge in [0.1, 0.15) is 11.6 Å². The highest BCUT2D eigenvalue weighted by Crippen LogP contribution is 2.22. The molecule has 2 aromatic heterocycles. The lowest BCUT2D eigenvalue weighted by molar-refractivity contribution is 0.315. The van der Waals surface area contributed by atoms with Gasteiger partial charge in [-0.2, -0.15) is 0 Å². The highest BCUT2D eigenvalue weighted by molar-refractivity contribution is 5.81. The van der Waals surface area contributed by atoms with Gasteiger partial charge in [-0.15, -0.1) is 0 Å². The van der Waals surface area contributed by atoms with Gasteiger partial charge in [-0.05, 0) is 44.1 Å². The standard InChI is InChI=1S/C21H26N6/c1-22-20-12-16(25-21(26-20)19-8-5-10-23-19)14-27(2)13-15-9-11-24-18-7-4-3-6-17(15)18/h3-4,6-7,9,11-12,19,23H,5,8,10,13-14H2,1-2H3,(H,22,25,26)/t19-/m1/s1. The number of nitrogens with one attached hydrogen (secondary N) is 2. The average molecular weight is 362 g/mol. The first-order chi connectivity index (χ1) is 13.2. The van der Waals surface area contributed by atoms with E-state index in [-0.39, 0.29) is 6.04 Å². The molecule has 2 N–H and O–H groups in total. The van der Waals surface area contributed by atoms with Gasteiger partial charge >= 0.3 is 0 Å². The largest absolute Gasteiger partial charge is 0.373 e. The minimum atomic E-state index is 0.270. The van der Waals surface area contributed by atoms with E-state index in [9.17, 15) is 0 Å². The van der Waals surface area contributed by atoms with Crippen LogP contribution < -0.4 is 10.6 Å². The van der Waals surface area contributed by atoms with Gasteiger partial charge in [-0.25, -0.2) is 9.97 Å². The predicted molar refractivity (Wildman–Crippen MR) is 108 cm³/mol. The topological polar surface area (TPSA) is 66.0 Å². The zero-order chi connectivity index (χ0) is 18.6. The zero-order valence-electron chi connectivity index (χ0n) is 15.9. The Balaban J connectivity index is 1.53. The van der Waals surface area contributed by atoms with E-state index in [1.165, 1.54) is 17.4 Å². The van der Waals surface area contributed by atoms with E-state index in [1.54, 1.807) is 0 Å². The Morgan fingerprint density at radius 2 is 2.07 bits per heavy atom. The van der Waals surface area contributed by atoms with Crippen molar-refractivity contribution in [2.75, 3.05) is 26.0 Å². The van der Waals surface area contributed by atoms with E-state index in [0.717, 1.165) is 48.9 Å². The summed E-state index contributed by atoms with van der Waals surface area (Å²) in [5.41, 5.74) is 3.36. The Labute approximate surface area is 160 Å². The van der Waals surface area contributed by atoms with Crippen LogP contribution in [0.15, 0.2) is 42.6 Å². The van der Waals surface area contributed by atoms with Crippen molar-refractivity contribution in [3.63, 3.8) is 0 Å². The molecule has 1 aliphatic heterocycles. The fourth-order valence-corrected chi connectivity index (χ4v) is 3.70. The Kier molecular flexibility index (Phi) is 5.27. The molecule has 140 valence electrons. The SMILES string of the molecule is CNc1cc(CN(C)Cc2ccnc3ccccc23)nc([C@H]2CCCN2)n1. The number of pyridine rings is 1. The Hall–Kier alpha value is -2.57. The fraction of sp³-hybridized carbons (Fsp3) is 0.381. The summed E-state index contributed by atoms with van der Waals surface area (Å²) >= 11 is 0. The molecule has 0 radical (unpaired) electrons. The molecule has 0 amide bonds. The van der Waals surface area contributed by atoms with Crippen molar-refractivity contribution in [2.24, 2.45) is 0 Å². The molecule has 0 aliphatic carbocycles. The first-order valence-electron chi connectivity index (χ1n) is 9.53. The van der Waals surface area contributed by atoms with Gasteiger partial charge in [0.2, 0.25) is 0 Å². The third kappa shape index (κ3) is 4.07. The summed E-state index contributed by atoms with van der Waals surface area (Å²) in [6, 6.07) is 12.7. The number of nitrogens with zero attached hydrogens (tertiary/aromatic N) is 4. The van der Waals surface area contributed by atoms with Crippen molar-refractivity contribution in [1.29, 1.82) is 0 Å². The van der Waals surface area contributed by atoms with E-state index < -0.39 is 0 Å². The van der Waals surface area contributed by atoms with Gasteiger partial charge in [-0.3, -0.25) is 9.88 Å². The van der Waals surface area contributed by atoms with Crippen LogP contribution in [0, 0.1) is 0 Å². The van der Waals surface area contributed by atoms with Crippen LogP contribution in [0.2, 0.25) is 0 Å². The quantitative estimate of drug-likeness (QED) is 0.702. The molecular weight excluding hydrogens is 336 g/mol. The highest BCUT2D eigenvalue weighted by Gasteiger charge is 2.20. The summed E-state index contributed by atoms with van der Waals surface area (Å²) in [5, 5.41) is 7.87. The second-order valence-corrected chi connectivity index (χ2v) is 7.16. The van der Waals surface area contributed by atoms with Gasteiger partial charge in [0.05, 0.1) is 17.3 Å². The van der Waals surface area contributed by atoms with Crippen molar-refractivity contribution >= 4 is 16.7 Å². The number of hydrogen-bond donors (Lipinski definition) is 2. The van der Waals surface area contributed by atoms with Gasteiger partial charge in [0.15, 0.2) is 0 Å². The molecule has 3 aromatic rings. The van der Waals surface area contributed by atoms with Crippen LogP contribution in [0.4, 0.5) is 5.82 Å². The predicted octanol–water partition coefficient (Wildman–Crippen LogP) is 3.12. The van der Waals surface area contributed by atoms with Crippen LogP contribution in [0.1, 0.15) is 36.0 Å². The summed E-state index contributed by atoms with van der Waals surface area (Å²) in [4.78, 5) is 16.2. The summed E-state index contributed by atoms with van der Waals surface area (Å²) < 4.78 is 0. The molecule has 0 spiro atoms. The molecule has 1 saturated heterocycles. The third-order valence-corrected chi connectivity index (χ3v) is 5.04. The lowest BCUT2D eigenvalue weighted by Crippen LogP contribution is -2.21. The smallest absolute Gasteiger partial charge is 0.147 e. The van der Waals surface area contributed by atoms with Crippen LogP contribution >= 0.6 is 0 Å². The molecule has 3 heterocycles. The Morgan fingerprint density at radius 1 is 1.19 bits per heavy atom. The number of rotatable bonds is 6. The van der Waals surface area contributed by atoms with E-state index in [2.05, 4.69) is 56.8 Å². The van der Waals surface area contributed by atoms with E-state index in [0.29, 0.717) is 0 Å². The molecule has 1 aromatic carbocycles. The van der Waals surface area contributed by atoms with Crippen LogP contribution in [-0.2, 0) is 13.1 Å². The van der Waals surface area contributed by atoms with E-state index in [4.69, 9.17) is 4.98 Å². The highest BCUT2D eigenvalue weighted by atomic mass is 15.1. The molecule has 27 heavy (non-hydrogen) atoms. The van der Waals surface area contributed by atoms with Crippen molar-refractivity contribution in [3.05, 3.63) is 59.7 Å². The summed E-state index contributed by atoms with van der Waals surface area (Å²) in [7, 11) is 4.04. The minimum Gasteiger partial charge on any atom is -0.373 e. The molecule has 1 aliphatic rings. The number of para-hydroxylation sites is 1. The van der Waals surface area contributed by atoms with E-state index >= 15 is 0 Å². The Morgan fingerprint density at radius 3 is 2.89 bits per heavy atom. The molecule has 4 rings (SSSR count).